The van der Waals surface area contributed by atoms with Gasteiger partial charge >= 0.3 is 0 Å². The Morgan fingerprint density at radius 1 is 1.13 bits per heavy atom. The van der Waals surface area contributed by atoms with E-state index in [1.165, 1.54) is 0 Å². The van der Waals surface area contributed by atoms with Crippen LogP contribution in [0.5, 0.6) is 5.75 Å². The number of methoxy groups -OCH3 is 1. The smallest absolute Gasteiger partial charge is 0.256 e. The first-order valence-corrected chi connectivity index (χ1v) is 8.38. The van der Waals surface area contributed by atoms with Gasteiger partial charge in [-0.3, -0.25) is 4.79 Å². The summed E-state index contributed by atoms with van der Waals surface area (Å²) in [5.41, 5.74) is 2.45. The summed E-state index contributed by atoms with van der Waals surface area (Å²) in [6, 6.07) is 13.2. The number of nitrogens with one attached hydrogen (secondary N) is 1. The summed E-state index contributed by atoms with van der Waals surface area (Å²) in [7, 11) is 1.58. The minimum absolute atomic E-state index is 0.175. The van der Waals surface area contributed by atoms with E-state index in [0.717, 1.165) is 28.9 Å². The summed E-state index contributed by atoms with van der Waals surface area (Å²) in [6.07, 6.45) is 0. The summed E-state index contributed by atoms with van der Waals surface area (Å²) in [4.78, 5) is 14.7. The van der Waals surface area contributed by atoms with Crippen LogP contribution >= 0.6 is 15.9 Å². The number of anilines is 2. The Morgan fingerprint density at radius 3 is 2.35 bits per heavy atom. The maximum atomic E-state index is 12.4. The van der Waals surface area contributed by atoms with Gasteiger partial charge in [0.2, 0.25) is 0 Å². The third-order valence-electron chi connectivity index (χ3n) is 3.67. The average Bonchev–Trinajstić information content (AvgIpc) is 2.58. The second kappa shape index (κ2) is 8.02. The quantitative estimate of drug-likeness (QED) is 0.803. The zero-order valence-corrected chi connectivity index (χ0v) is 15.2. The first-order valence-electron chi connectivity index (χ1n) is 7.59. The van der Waals surface area contributed by atoms with Gasteiger partial charge in [0.15, 0.2) is 0 Å². The van der Waals surface area contributed by atoms with Crippen molar-refractivity contribution >= 4 is 33.2 Å². The molecule has 0 aliphatic rings. The number of carbonyl (C=O) groups excluding carboxylic acids is 1. The van der Waals surface area contributed by atoms with Crippen molar-refractivity contribution in [3.63, 3.8) is 0 Å². The van der Waals surface area contributed by atoms with Crippen molar-refractivity contribution in [3.05, 3.63) is 52.5 Å². The van der Waals surface area contributed by atoms with Gasteiger partial charge in [-0.15, -0.1) is 0 Å². The lowest BCUT2D eigenvalue weighted by molar-refractivity contribution is 0.102. The average molecular weight is 377 g/mol. The summed E-state index contributed by atoms with van der Waals surface area (Å²) in [5.74, 6) is 0.474. The summed E-state index contributed by atoms with van der Waals surface area (Å²) >= 11 is 3.40. The molecule has 23 heavy (non-hydrogen) atoms. The molecule has 0 saturated heterocycles. The minimum Gasteiger partial charge on any atom is -0.497 e. The van der Waals surface area contributed by atoms with Gasteiger partial charge < -0.3 is 15.0 Å². The summed E-state index contributed by atoms with van der Waals surface area (Å²) < 4.78 is 5.90. The second-order valence-electron chi connectivity index (χ2n) is 5.02. The van der Waals surface area contributed by atoms with Gasteiger partial charge in [0.25, 0.3) is 5.91 Å². The third-order valence-corrected chi connectivity index (χ3v) is 4.36. The lowest BCUT2D eigenvalue weighted by atomic mass is 10.2. The molecule has 0 unspecified atom stereocenters. The molecule has 0 bridgehead atoms. The molecular formula is C18H21BrN2O2. The Kier molecular flexibility index (Phi) is 6.04. The van der Waals surface area contributed by atoms with Crippen molar-refractivity contribution in [2.45, 2.75) is 13.8 Å². The highest BCUT2D eigenvalue weighted by molar-refractivity contribution is 9.10. The molecule has 2 rings (SSSR count). The van der Waals surface area contributed by atoms with E-state index in [9.17, 15) is 4.79 Å². The van der Waals surface area contributed by atoms with Crippen molar-refractivity contribution < 1.29 is 9.53 Å². The lowest BCUT2D eigenvalue weighted by Crippen LogP contribution is -2.21. The van der Waals surface area contributed by atoms with Crippen molar-refractivity contribution in [1.82, 2.24) is 0 Å². The fourth-order valence-corrected chi connectivity index (χ4v) is 2.77. The monoisotopic (exact) mass is 376 g/mol. The second-order valence-corrected chi connectivity index (χ2v) is 5.87. The third kappa shape index (κ3) is 4.26. The predicted molar refractivity (Wildman–Crippen MR) is 98.7 cm³/mol. The van der Waals surface area contributed by atoms with Crippen LogP contribution < -0.4 is 15.0 Å². The van der Waals surface area contributed by atoms with Crippen molar-refractivity contribution in [2.75, 3.05) is 30.4 Å². The van der Waals surface area contributed by atoms with E-state index in [1.54, 1.807) is 25.3 Å². The van der Waals surface area contributed by atoms with Gasteiger partial charge in [-0.05, 0) is 72.2 Å². The molecule has 122 valence electrons. The number of benzene rings is 2. The van der Waals surface area contributed by atoms with Crippen LogP contribution in [0.25, 0.3) is 0 Å². The molecule has 0 spiro atoms. The molecule has 0 aliphatic carbocycles. The van der Waals surface area contributed by atoms with Crippen LogP contribution in [0.3, 0.4) is 0 Å². The fourth-order valence-electron chi connectivity index (χ4n) is 2.35. The van der Waals surface area contributed by atoms with Crippen LogP contribution in [0.2, 0.25) is 0 Å². The van der Waals surface area contributed by atoms with Gasteiger partial charge in [0.05, 0.1) is 12.7 Å². The zero-order valence-electron chi connectivity index (χ0n) is 13.6. The number of hydrogen-bond acceptors (Lipinski definition) is 3. The number of halogens is 1. The number of hydrogen-bond donors (Lipinski definition) is 1. The topological polar surface area (TPSA) is 41.6 Å². The van der Waals surface area contributed by atoms with Crippen molar-refractivity contribution in [3.8, 4) is 5.75 Å². The number of amides is 1. The highest BCUT2D eigenvalue weighted by Crippen LogP contribution is 2.24. The molecule has 0 fully saturated rings. The molecule has 0 heterocycles. The highest BCUT2D eigenvalue weighted by atomic mass is 79.9. The van der Waals surface area contributed by atoms with Crippen LogP contribution in [0, 0.1) is 0 Å². The molecule has 0 aliphatic heterocycles. The predicted octanol–water partition coefficient (Wildman–Crippen LogP) is 4.56. The summed E-state index contributed by atoms with van der Waals surface area (Å²) in [5, 5.41) is 2.91. The van der Waals surface area contributed by atoms with Crippen LogP contribution in [-0.2, 0) is 0 Å². The normalized spacial score (nSPS) is 10.3. The van der Waals surface area contributed by atoms with E-state index in [1.807, 2.05) is 24.3 Å². The molecule has 0 atom stereocenters. The van der Waals surface area contributed by atoms with Crippen LogP contribution in [0.1, 0.15) is 24.2 Å². The largest absolute Gasteiger partial charge is 0.497 e. The van der Waals surface area contributed by atoms with Crippen LogP contribution in [0.4, 0.5) is 11.4 Å². The van der Waals surface area contributed by atoms with Gasteiger partial charge in [0, 0.05) is 28.9 Å². The maximum Gasteiger partial charge on any atom is 0.256 e. The zero-order chi connectivity index (χ0) is 16.8. The fraction of sp³-hybridized carbons (Fsp3) is 0.278. The molecule has 0 radical (unpaired) electrons. The Morgan fingerprint density at radius 2 is 1.78 bits per heavy atom. The molecule has 2 aromatic rings. The van der Waals surface area contributed by atoms with Crippen molar-refractivity contribution in [1.29, 1.82) is 0 Å². The van der Waals surface area contributed by atoms with E-state index < -0.39 is 0 Å². The Hall–Kier alpha value is -2.01. The molecule has 2 aromatic carbocycles. The van der Waals surface area contributed by atoms with Crippen LogP contribution in [-0.4, -0.2) is 26.1 Å². The first-order chi connectivity index (χ1) is 11.1. The van der Waals surface area contributed by atoms with Gasteiger partial charge in [-0.25, -0.2) is 0 Å². The van der Waals surface area contributed by atoms with E-state index in [0.29, 0.717) is 11.3 Å². The SMILES string of the molecule is CCN(CC)c1ccc(NC(=O)c2cc(OC)ccc2Br)cc1. The first kappa shape index (κ1) is 17.3. The van der Waals surface area contributed by atoms with E-state index >= 15 is 0 Å². The molecule has 0 aromatic heterocycles. The number of carbonyl (C=O) groups is 1. The van der Waals surface area contributed by atoms with E-state index in [4.69, 9.17) is 4.74 Å². The molecule has 0 saturated carbocycles. The molecular weight excluding hydrogens is 356 g/mol. The number of rotatable bonds is 6. The van der Waals surface area contributed by atoms with Gasteiger partial charge in [-0.1, -0.05) is 0 Å². The molecule has 4 nitrogen and oxygen atoms in total. The van der Waals surface area contributed by atoms with Crippen molar-refractivity contribution in [2.24, 2.45) is 0 Å². The standard InChI is InChI=1S/C18H21BrN2O2/c1-4-21(5-2)14-8-6-13(7-9-14)20-18(22)16-12-15(23-3)10-11-17(16)19/h6-12H,4-5H2,1-3H3,(H,20,22). The highest BCUT2D eigenvalue weighted by Gasteiger charge is 2.12. The molecule has 5 heteroatoms. The molecule has 1 amide bonds. The Labute approximate surface area is 145 Å². The number of ether oxygens (including phenoxy) is 1. The van der Waals surface area contributed by atoms with Gasteiger partial charge in [0.1, 0.15) is 5.75 Å². The number of nitrogens with zero attached hydrogens (tertiary/aromatic N) is 1. The Balaban J connectivity index is 2.14. The lowest BCUT2D eigenvalue weighted by Gasteiger charge is -2.21. The Bertz CT molecular complexity index is 667. The van der Waals surface area contributed by atoms with Crippen LogP contribution in [0.15, 0.2) is 46.9 Å². The summed E-state index contributed by atoms with van der Waals surface area (Å²) in [6.45, 7) is 6.16. The van der Waals surface area contributed by atoms with Gasteiger partial charge in [-0.2, -0.15) is 0 Å². The van der Waals surface area contributed by atoms with E-state index in [2.05, 4.69) is 40.0 Å². The maximum absolute atomic E-state index is 12.4. The molecule has 1 N–H and O–H groups in total. The van der Waals surface area contributed by atoms with E-state index in [-0.39, 0.29) is 5.91 Å². The minimum atomic E-state index is -0.175.